The minimum Gasteiger partial charge on any atom is -0.444 e. The number of hydrogen-bond acceptors (Lipinski definition) is 4. The lowest BCUT2D eigenvalue weighted by molar-refractivity contribution is -0.122. The van der Waals surface area contributed by atoms with Gasteiger partial charge in [0, 0.05) is 11.3 Å². The van der Waals surface area contributed by atoms with E-state index in [1.54, 1.807) is 33.8 Å². The van der Waals surface area contributed by atoms with Gasteiger partial charge in [0.15, 0.2) is 0 Å². The van der Waals surface area contributed by atoms with Crippen LogP contribution in [0.1, 0.15) is 52.1 Å². The second kappa shape index (κ2) is 9.24. The van der Waals surface area contributed by atoms with Crippen LogP contribution in [-0.4, -0.2) is 28.8 Å². The van der Waals surface area contributed by atoms with Crippen LogP contribution in [0.3, 0.4) is 0 Å². The first-order chi connectivity index (χ1) is 14.9. The van der Waals surface area contributed by atoms with Crippen LogP contribution >= 0.6 is 0 Å². The van der Waals surface area contributed by atoms with E-state index < -0.39 is 47.3 Å². The summed E-state index contributed by atoms with van der Waals surface area (Å²) in [7, 11) is 0. The summed E-state index contributed by atoms with van der Waals surface area (Å²) in [6, 6.07) is 7.26. The Balaban J connectivity index is 2.10. The molecule has 0 fully saturated rings. The lowest BCUT2D eigenvalue weighted by Gasteiger charge is -2.27. The Morgan fingerprint density at radius 3 is 2.53 bits per heavy atom. The van der Waals surface area contributed by atoms with E-state index in [1.807, 2.05) is 0 Å². The molecule has 172 valence electrons. The van der Waals surface area contributed by atoms with Crippen LogP contribution in [0, 0.1) is 17.6 Å². The highest BCUT2D eigenvalue weighted by Crippen LogP contribution is 2.34. The van der Waals surface area contributed by atoms with Gasteiger partial charge < -0.3 is 20.5 Å². The molecule has 1 aliphatic heterocycles. The van der Waals surface area contributed by atoms with Crippen molar-refractivity contribution in [1.82, 2.24) is 5.32 Å². The number of hydrogen-bond donors (Lipinski definition) is 3. The zero-order valence-electron chi connectivity index (χ0n) is 18.5. The standard InChI is InChI=1S/C24H28F2N2O4/c1-13-21(29)8-7-19(28-23(31)32-24(2,3)4)15-9-14(10-17(26)11-15)18-12-16(25)5-6-20(18)27-22(13)30/h5-6,9-13,19,21,29H,7-8H2,1-4H3,(H,27,30)(H,28,31). The normalized spacial score (nSPS) is 21.5. The minimum atomic E-state index is -1.01. The molecule has 1 heterocycles. The van der Waals surface area contributed by atoms with E-state index >= 15 is 0 Å². The molecule has 3 rings (SSSR count). The minimum absolute atomic E-state index is 0.178. The number of carbonyl (C=O) groups excluding carboxylic acids is 2. The number of carbonyl (C=O) groups is 2. The van der Waals surface area contributed by atoms with Crippen molar-refractivity contribution in [3.05, 3.63) is 53.6 Å². The van der Waals surface area contributed by atoms with Gasteiger partial charge in [0.1, 0.15) is 17.2 Å². The summed E-state index contributed by atoms with van der Waals surface area (Å²) in [5.41, 5.74) is 0.638. The van der Waals surface area contributed by atoms with E-state index in [0.29, 0.717) is 16.8 Å². The molecule has 3 N–H and O–H groups in total. The molecule has 3 atom stereocenters. The molecule has 0 radical (unpaired) electrons. The van der Waals surface area contributed by atoms with E-state index in [1.165, 1.54) is 30.3 Å². The molecule has 0 saturated carbocycles. The number of halogens is 2. The van der Waals surface area contributed by atoms with Gasteiger partial charge in [0.05, 0.1) is 18.1 Å². The Labute approximate surface area is 186 Å². The Morgan fingerprint density at radius 1 is 1.12 bits per heavy atom. The Bertz CT molecular complexity index is 1020. The van der Waals surface area contributed by atoms with Crippen molar-refractivity contribution in [3.8, 4) is 11.1 Å². The average Bonchev–Trinajstić information content (AvgIpc) is 2.69. The van der Waals surface area contributed by atoms with Crippen LogP contribution in [0.15, 0.2) is 36.4 Å². The lowest BCUT2D eigenvalue weighted by Crippen LogP contribution is -2.36. The average molecular weight is 446 g/mol. The number of amides is 2. The topological polar surface area (TPSA) is 87.7 Å². The van der Waals surface area contributed by atoms with E-state index in [4.69, 9.17) is 4.74 Å². The fourth-order valence-electron chi connectivity index (χ4n) is 3.61. The number of alkyl carbamates (subject to hydrolysis) is 1. The van der Waals surface area contributed by atoms with Gasteiger partial charge in [-0.05, 0) is 81.1 Å². The number of rotatable bonds is 1. The van der Waals surface area contributed by atoms with Crippen LogP contribution in [0.2, 0.25) is 0 Å². The largest absolute Gasteiger partial charge is 0.444 e. The Hall–Kier alpha value is -3.00. The second-order valence-corrected chi connectivity index (χ2v) is 9.08. The number of aliphatic hydroxyl groups excluding tert-OH is 1. The fourth-order valence-corrected chi connectivity index (χ4v) is 3.61. The number of benzene rings is 2. The summed E-state index contributed by atoms with van der Waals surface area (Å²) >= 11 is 0. The number of ether oxygens (including phenoxy) is 1. The van der Waals surface area contributed by atoms with Crippen LogP contribution in [0.4, 0.5) is 19.3 Å². The molecule has 0 saturated heterocycles. The monoisotopic (exact) mass is 446 g/mol. The number of aliphatic hydroxyl groups is 1. The van der Waals surface area contributed by atoms with E-state index in [9.17, 15) is 23.5 Å². The summed E-state index contributed by atoms with van der Waals surface area (Å²) < 4.78 is 34.0. The lowest BCUT2D eigenvalue weighted by atomic mass is 9.91. The highest BCUT2D eigenvalue weighted by atomic mass is 19.1. The Kier molecular flexibility index (Phi) is 6.83. The summed E-state index contributed by atoms with van der Waals surface area (Å²) in [4.78, 5) is 25.1. The maximum Gasteiger partial charge on any atom is 0.408 e. The molecule has 8 heteroatoms. The molecule has 2 aromatic rings. The third kappa shape index (κ3) is 5.82. The maximum atomic E-state index is 14.6. The highest BCUT2D eigenvalue weighted by molar-refractivity contribution is 5.97. The summed E-state index contributed by atoms with van der Waals surface area (Å²) in [6.07, 6.45) is -1.28. The quantitative estimate of drug-likeness (QED) is 0.580. The van der Waals surface area contributed by atoms with Crippen molar-refractivity contribution < 1.29 is 28.2 Å². The van der Waals surface area contributed by atoms with E-state index in [-0.39, 0.29) is 18.4 Å². The maximum absolute atomic E-state index is 14.6. The van der Waals surface area contributed by atoms with Crippen molar-refractivity contribution in [1.29, 1.82) is 0 Å². The molecule has 2 amide bonds. The van der Waals surface area contributed by atoms with Crippen molar-refractivity contribution in [2.24, 2.45) is 5.92 Å². The number of anilines is 1. The van der Waals surface area contributed by atoms with Gasteiger partial charge in [0.25, 0.3) is 0 Å². The molecule has 32 heavy (non-hydrogen) atoms. The third-order valence-corrected chi connectivity index (χ3v) is 5.31. The number of fused-ring (bicyclic) bond motifs is 4. The molecule has 0 aromatic heterocycles. The summed E-state index contributed by atoms with van der Waals surface area (Å²) in [5, 5.41) is 16.0. The van der Waals surface area contributed by atoms with Crippen molar-refractivity contribution in [3.63, 3.8) is 0 Å². The van der Waals surface area contributed by atoms with Crippen molar-refractivity contribution >= 4 is 17.7 Å². The first-order valence-corrected chi connectivity index (χ1v) is 10.5. The second-order valence-electron chi connectivity index (χ2n) is 9.08. The van der Waals surface area contributed by atoms with Crippen molar-refractivity contribution in [2.45, 2.75) is 58.3 Å². The molecule has 0 aliphatic carbocycles. The number of nitrogens with one attached hydrogen (secondary N) is 2. The van der Waals surface area contributed by atoms with E-state index in [0.717, 1.165) is 0 Å². The van der Waals surface area contributed by atoms with Gasteiger partial charge in [-0.2, -0.15) is 0 Å². The first kappa shape index (κ1) is 23.7. The SMILES string of the molecule is CC1C(=O)Nc2ccc(F)cc2-c2cc(F)cc(c2)C(NC(=O)OC(C)(C)C)CCC1O. The van der Waals surface area contributed by atoms with Gasteiger partial charge in [-0.3, -0.25) is 4.79 Å². The fraction of sp³-hybridized carbons (Fsp3) is 0.417. The van der Waals surface area contributed by atoms with Gasteiger partial charge >= 0.3 is 6.09 Å². The first-order valence-electron chi connectivity index (χ1n) is 10.5. The summed E-state index contributed by atoms with van der Waals surface area (Å²) in [6.45, 7) is 6.76. The van der Waals surface area contributed by atoms with Gasteiger partial charge in [0.2, 0.25) is 5.91 Å². The highest BCUT2D eigenvalue weighted by Gasteiger charge is 2.27. The molecular formula is C24H28F2N2O4. The molecule has 2 bridgehead atoms. The van der Waals surface area contributed by atoms with Gasteiger partial charge in [-0.1, -0.05) is 6.92 Å². The van der Waals surface area contributed by atoms with Crippen LogP contribution in [0.5, 0.6) is 0 Å². The summed E-state index contributed by atoms with van der Waals surface area (Å²) in [5.74, 6) is -2.34. The smallest absolute Gasteiger partial charge is 0.408 e. The third-order valence-electron chi connectivity index (χ3n) is 5.31. The molecule has 0 spiro atoms. The zero-order chi connectivity index (χ0) is 23.6. The van der Waals surface area contributed by atoms with Gasteiger partial charge in [-0.25, -0.2) is 13.6 Å². The molecule has 3 unspecified atom stereocenters. The molecule has 6 nitrogen and oxygen atoms in total. The Morgan fingerprint density at radius 2 is 1.84 bits per heavy atom. The van der Waals surface area contributed by atoms with Crippen molar-refractivity contribution in [2.75, 3.05) is 5.32 Å². The van der Waals surface area contributed by atoms with Gasteiger partial charge in [-0.15, -0.1) is 0 Å². The van der Waals surface area contributed by atoms with E-state index in [2.05, 4.69) is 10.6 Å². The van der Waals surface area contributed by atoms with Crippen LogP contribution in [0.25, 0.3) is 11.1 Å². The predicted octanol–water partition coefficient (Wildman–Crippen LogP) is 4.93. The predicted molar refractivity (Wildman–Crippen MR) is 117 cm³/mol. The zero-order valence-corrected chi connectivity index (χ0v) is 18.5. The molecule has 2 aromatic carbocycles. The van der Waals surface area contributed by atoms with Crippen LogP contribution < -0.4 is 10.6 Å². The van der Waals surface area contributed by atoms with Crippen LogP contribution in [-0.2, 0) is 9.53 Å². The molecule has 1 aliphatic rings. The molecular weight excluding hydrogens is 418 g/mol.